The van der Waals surface area contributed by atoms with Crippen LogP contribution in [0.5, 0.6) is 0 Å². The van der Waals surface area contributed by atoms with Gasteiger partial charge in [-0.05, 0) is 51.1 Å². The summed E-state index contributed by atoms with van der Waals surface area (Å²) in [7, 11) is 0. The van der Waals surface area contributed by atoms with Crippen molar-refractivity contribution in [3.05, 3.63) is 0 Å². The third-order valence-electron chi connectivity index (χ3n) is 5.16. The second-order valence-electron chi connectivity index (χ2n) is 6.86. The molecule has 4 heteroatoms. The molecule has 1 saturated carbocycles. The van der Waals surface area contributed by atoms with Crippen molar-refractivity contribution in [2.45, 2.75) is 39.0 Å². The quantitative estimate of drug-likeness (QED) is 0.774. The smallest absolute Gasteiger partial charge is 0.127 e. The van der Waals surface area contributed by atoms with Crippen molar-refractivity contribution in [2.75, 3.05) is 45.9 Å². The van der Waals surface area contributed by atoms with Gasteiger partial charge >= 0.3 is 0 Å². The lowest BCUT2D eigenvalue weighted by Crippen LogP contribution is -2.42. The van der Waals surface area contributed by atoms with Crippen LogP contribution in [0, 0.1) is 11.3 Å². The normalized spacial score (nSPS) is 33.8. The van der Waals surface area contributed by atoms with E-state index in [1.807, 2.05) is 0 Å². The first-order valence-electron chi connectivity index (χ1n) is 8.19. The Morgan fingerprint density at radius 1 is 1.15 bits per heavy atom. The van der Waals surface area contributed by atoms with Crippen molar-refractivity contribution in [3.63, 3.8) is 0 Å². The number of hydrogen-bond donors (Lipinski definition) is 1. The molecule has 0 bridgehead atoms. The zero-order valence-electron chi connectivity index (χ0n) is 12.9. The van der Waals surface area contributed by atoms with Crippen LogP contribution in [0.25, 0.3) is 0 Å². The van der Waals surface area contributed by atoms with Crippen LogP contribution >= 0.6 is 0 Å². The first kappa shape index (κ1) is 15.9. The third kappa shape index (κ3) is 4.27. The molecule has 2 fully saturated rings. The van der Waals surface area contributed by atoms with E-state index in [1.165, 1.54) is 19.1 Å². The van der Waals surface area contributed by atoms with E-state index in [-0.39, 0.29) is 12.0 Å². The number of aliphatic hydroxyl groups is 1. The number of carbonyl (C=O) groups is 1. The molecule has 4 nitrogen and oxygen atoms in total. The van der Waals surface area contributed by atoms with Gasteiger partial charge in [0, 0.05) is 31.6 Å². The maximum absolute atomic E-state index is 11.6. The molecule has 0 atom stereocenters. The Labute approximate surface area is 123 Å². The fourth-order valence-corrected chi connectivity index (χ4v) is 3.64. The fraction of sp³-hybridized carbons (Fsp3) is 0.938. The standard InChI is InChI=1S/C16H30N2O2/c1-15-3-5-16(14-20,6-4-15)13-18-8-2-7-17(9-10-18)11-12-19/h14-15,19H,2-13H2,1H3. The van der Waals surface area contributed by atoms with E-state index >= 15 is 0 Å². The van der Waals surface area contributed by atoms with Crippen LogP contribution in [0.3, 0.4) is 0 Å². The van der Waals surface area contributed by atoms with E-state index in [2.05, 4.69) is 16.7 Å². The van der Waals surface area contributed by atoms with Crippen molar-refractivity contribution >= 4 is 6.29 Å². The summed E-state index contributed by atoms with van der Waals surface area (Å²) in [6.07, 6.45) is 6.91. The van der Waals surface area contributed by atoms with Gasteiger partial charge in [0.15, 0.2) is 0 Å². The molecule has 0 aromatic rings. The largest absolute Gasteiger partial charge is 0.395 e. The minimum absolute atomic E-state index is 0.0847. The van der Waals surface area contributed by atoms with Crippen LogP contribution in [-0.4, -0.2) is 67.1 Å². The van der Waals surface area contributed by atoms with Crippen molar-refractivity contribution in [1.82, 2.24) is 9.80 Å². The van der Waals surface area contributed by atoms with E-state index < -0.39 is 0 Å². The van der Waals surface area contributed by atoms with Gasteiger partial charge in [-0.25, -0.2) is 0 Å². The van der Waals surface area contributed by atoms with Gasteiger partial charge in [-0.3, -0.25) is 4.90 Å². The zero-order chi connectivity index (χ0) is 14.4. The molecule has 1 N–H and O–H groups in total. The molecule has 20 heavy (non-hydrogen) atoms. The third-order valence-corrected chi connectivity index (χ3v) is 5.16. The monoisotopic (exact) mass is 282 g/mol. The Bertz CT molecular complexity index is 301. The van der Waals surface area contributed by atoms with Crippen LogP contribution in [0.4, 0.5) is 0 Å². The van der Waals surface area contributed by atoms with Crippen molar-refractivity contribution in [2.24, 2.45) is 11.3 Å². The molecule has 0 unspecified atom stereocenters. The molecule has 1 aliphatic carbocycles. The highest BCUT2D eigenvalue weighted by molar-refractivity contribution is 5.60. The van der Waals surface area contributed by atoms with Gasteiger partial charge in [-0.15, -0.1) is 0 Å². The molecule has 1 aliphatic heterocycles. The van der Waals surface area contributed by atoms with Gasteiger partial charge in [-0.1, -0.05) is 6.92 Å². The minimum Gasteiger partial charge on any atom is -0.395 e. The van der Waals surface area contributed by atoms with E-state index in [9.17, 15) is 4.79 Å². The summed E-state index contributed by atoms with van der Waals surface area (Å²) < 4.78 is 0. The molecule has 116 valence electrons. The van der Waals surface area contributed by atoms with Gasteiger partial charge in [0.25, 0.3) is 0 Å². The number of nitrogens with zero attached hydrogens (tertiary/aromatic N) is 2. The number of β-amino-alcohol motifs (C(OH)–C–C–N with tert-alkyl or cyclic N) is 1. The summed E-state index contributed by atoms with van der Waals surface area (Å²) in [5, 5.41) is 9.04. The lowest BCUT2D eigenvalue weighted by Gasteiger charge is -2.38. The van der Waals surface area contributed by atoms with Crippen LogP contribution in [0.2, 0.25) is 0 Å². The number of carbonyl (C=O) groups excluding carboxylic acids is 1. The minimum atomic E-state index is -0.0847. The summed E-state index contributed by atoms with van der Waals surface area (Å²) >= 11 is 0. The van der Waals surface area contributed by atoms with Gasteiger partial charge in [0.2, 0.25) is 0 Å². The van der Waals surface area contributed by atoms with Crippen LogP contribution in [0.1, 0.15) is 39.0 Å². The Balaban J connectivity index is 1.86. The fourth-order valence-electron chi connectivity index (χ4n) is 3.64. The Kier molecular flexibility index (Phi) is 6.00. The first-order valence-corrected chi connectivity index (χ1v) is 8.19. The summed E-state index contributed by atoms with van der Waals surface area (Å²) in [5.41, 5.74) is -0.0847. The highest BCUT2D eigenvalue weighted by atomic mass is 16.3. The molecular weight excluding hydrogens is 252 g/mol. The van der Waals surface area contributed by atoms with Gasteiger partial charge in [0.05, 0.1) is 6.61 Å². The van der Waals surface area contributed by atoms with Gasteiger partial charge in [0.1, 0.15) is 6.29 Å². The lowest BCUT2D eigenvalue weighted by molar-refractivity contribution is -0.119. The summed E-state index contributed by atoms with van der Waals surface area (Å²) in [5.74, 6) is 0.784. The van der Waals surface area contributed by atoms with Gasteiger partial charge in [-0.2, -0.15) is 0 Å². The van der Waals surface area contributed by atoms with Crippen LogP contribution in [0.15, 0.2) is 0 Å². The number of aldehydes is 1. The Morgan fingerprint density at radius 3 is 2.45 bits per heavy atom. The topological polar surface area (TPSA) is 43.8 Å². The average Bonchev–Trinajstić information content (AvgIpc) is 2.68. The Hall–Kier alpha value is -0.450. The van der Waals surface area contributed by atoms with E-state index in [0.717, 1.165) is 64.4 Å². The Morgan fingerprint density at radius 2 is 1.80 bits per heavy atom. The molecule has 0 amide bonds. The summed E-state index contributed by atoms with van der Waals surface area (Å²) in [4.78, 5) is 16.4. The van der Waals surface area contributed by atoms with E-state index in [1.54, 1.807) is 0 Å². The highest BCUT2D eigenvalue weighted by Crippen LogP contribution is 2.38. The van der Waals surface area contributed by atoms with Crippen molar-refractivity contribution in [3.8, 4) is 0 Å². The van der Waals surface area contributed by atoms with Crippen LogP contribution in [-0.2, 0) is 4.79 Å². The predicted molar refractivity (Wildman–Crippen MR) is 80.7 cm³/mol. The van der Waals surface area contributed by atoms with Gasteiger partial charge < -0.3 is 14.8 Å². The molecule has 0 spiro atoms. The first-order chi connectivity index (χ1) is 9.67. The van der Waals surface area contributed by atoms with Crippen molar-refractivity contribution in [1.29, 1.82) is 0 Å². The molecule has 1 heterocycles. The molecule has 2 rings (SSSR count). The maximum atomic E-state index is 11.6. The average molecular weight is 282 g/mol. The molecule has 0 radical (unpaired) electrons. The highest BCUT2D eigenvalue weighted by Gasteiger charge is 2.35. The molecular formula is C16H30N2O2. The second-order valence-corrected chi connectivity index (χ2v) is 6.86. The number of aliphatic hydroxyl groups excluding tert-OH is 1. The molecule has 1 saturated heterocycles. The number of rotatable bonds is 5. The SMILES string of the molecule is CC1CCC(C=O)(CN2CCCN(CCO)CC2)CC1. The summed E-state index contributed by atoms with van der Waals surface area (Å²) in [6.45, 7) is 8.48. The zero-order valence-corrected chi connectivity index (χ0v) is 12.9. The van der Waals surface area contributed by atoms with E-state index in [0.29, 0.717) is 0 Å². The predicted octanol–water partition coefficient (Wildman–Crippen LogP) is 1.38. The maximum Gasteiger partial charge on any atom is 0.127 e. The lowest BCUT2D eigenvalue weighted by atomic mass is 9.71. The molecule has 2 aliphatic rings. The van der Waals surface area contributed by atoms with E-state index in [4.69, 9.17) is 5.11 Å². The van der Waals surface area contributed by atoms with Crippen molar-refractivity contribution < 1.29 is 9.90 Å². The van der Waals surface area contributed by atoms with Crippen LogP contribution < -0.4 is 0 Å². The molecule has 0 aromatic heterocycles. The molecule has 0 aromatic carbocycles. The second kappa shape index (κ2) is 7.53. The number of hydrogen-bond acceptors (Lipinski definition) is 4. The summed E-state index contributed by atoms with van der Waals surface area (Å²) in [6, 6.07) is 0.